The standard InChI is InChI=1S/C18H14BrN5O4.C5H11N/c1-8-4-10-12(5-11(8)19)22-16(27)18(10,9(6-20)7-21)13-14(25)23(2)17(28)24(3)15(13)26;1-2-4-6-5-3-1/h4-5,9,25H,1-3H3,(H,22,27);6H,1-5H2. The van der Waals surface area contributed by atoms with Crippen LogP contribution in [-0.4, -0.2) is 33.2 Å². The number of nitriles is 2. The predicted molar refractivity (Wildman–Crippen MR) is 128 cm³/mol. The minimum Gasteiger partial charge on any atom is -0.494 e. The van der Waals surface area contributed by atoms with Gasteiger partial charge in [-0.15, -0.1) is 0 Å². The summed E-state index contributed by atoms with van der Waals surface area (Å²) in [7, 11) is 2.42. The monoisotopic (exact) mass is 528 g/mol. The van der Waals surface area contributed by atoms with E-state index in [1.54, 1.807) is 31.2 Å². The molecule has 4 rings (SSSR count). The van der Waals surface area contributed by atoms with E-state index >= 15 is 0 Å². The largest absolute Gasteiger partial charge is 0.494 e. The minimum absolute atomic E-state index is 0.206. The van der Waals surface area contributed by atoms with Crippen LogP contribution < -0.4 is 21.9 Å². The maximum absolute atomic E-state index is 13.2. The molecular weight excluding hydrogens is 504 g/mol. The van der Waals surface area contributed by atoms with Crippen LogP contribution in [0.2, 0.25) is 0 Å². The second-order valence-electron chi connectivity index (χ2n) is 8.32. The Kier molecular flexibility index (Phi) is 7.29. The molecule has 0 spiro atoms. The molecule has 3 heterocycles. The number of halogens is 1. The molecular formula is C23H25BrN6O4. The van der Waals surface area contributed by atoms with Crippen LogP contribution in [0.3, 0.4) is 0 Å². The van der Waals surface area contributed by atoms with Crippen molar-refractivity contribution in [2.45, 2.75) is 31.6 Å². The molecule has 2 aromatic rings. The van der Waals surface area contributed by atoms with Gasteiger partial charge in [-0.3, -0.25) is 18.7 Å². The van der Waals surface area contributed by atoms with E-state index in [2.05, 4.69) is 26.6 Å². The zero-order valence-electron chi connectivity index (χ0n) is 19.1. The summed E-state index contributed by atoms with van der Waals surface area (Å²) in [5.74, 6) is -3.21. The number of carbonyl (C=O) groups excluding carboxylic acids is 1. The van der Waals surface area contributed by atoms with Gasteiger partial charge in [-0.1, -0.05) is 28.4 Å². The molecule has 1 amide bonds. The molecule has 1 aromatic carbocycles. The van der Waals surface area contributed by atoms with Crippen molar-refractivity contribution in [3.05, 3.63) is 54.1 Å². The highest BCUT2D eigenvalue weighted by atomic mass is 79.9. The van der Waals surface area contributed by atoms with Crippen LogP contribution >= 0.6 is 15.9 Å². The zero-order valence-corrected chi connectivity index (χ0v) is 20.7. The lowest BCUT2D eigenvalue weighted by Gasteiger charge is -2.29. The molecule has 2 aliphatic heterocycles. The first kappa shape index (κ1) is 25.2. The number of piperidine rings is 1. The smallest absolute Gasteiger partial charge is 0.333 e. The van der Waals surface area contributed by atoms with E-state index in [1.165, 1.54) is 46.4 Å². The number of anilines is 1. The molecule has 0 bridgehead atoms. The van der Waals surface area contributed by atoms with Crippen molar-refractivity contribution in [3.8, 4) is 18.0 Å². The Morgan fingerprint density at radius 2 is 1.71 bits per heavy atom. The van der Waals surface area contributed by atoms with Crippen LogP contribution in [0.4, 0.5) is 5.69 Å². The Bertz CT molecular complexity index is 1320. The van der Waals surface area contributed by atoms with Crippen molar-refractivity contribution in [1.29, 1.82) is 10.5 Å². The lowest BCUT2D eigenvalue weighted by Crippen LogP contribution is -2.50. The third kappa shape index (κ3) is 3.91. The van der Waals surface area contributed by atoms with Crippen LogP contribution in [0.1, 0.15) is 36.0 Å². The molecule has 2 aliphatic rings. The van der Waals surface area contributed by atoms with Gasteiger partial charge in [-0.2, -0.15) is 10.5 Å². The number of amides is 1. The molecule has 1 fully saturated rings. The molecule has 178 valence electrons. The Morgan fingerprint density at radius 3 is 2.21 bits per heavy atom. The van der Waals surface area contributed by atoms with Crippen LogP contribution in [0, 0.1) is 35.5 Å². The summed E-state index contributed by atoms with van der Waals surface area (Å²) in [6, 6.07) is 6.70. The molecule has 10 nitrogen and oxygen atoms in total. The van der Waals surface area contributed by atoms with Gasteiger partial charge < -0.3 is 15.7 Å². The van der Waals surface area contributed by atoms with Gasteiger partial charge >= 0.3 is 5.69 Å². The number of aryl methyl sites for hydroxylation is 1. The van der Waals surface area contributed by atoms with Crippen LogP contribution in [0.5, 0.6) is 5.88 Å². The lowest BCUT2D eigenvalue weighted by molar-refractivity contribution is -0.120. The normalized spacial score (nSPS) is 18.9. The molecule has 3 N–H and O–H groups in total. The fourth-order valence-corrected chi connectivity index (χ4v) is 4.68. The van der Waals surface area contributed by atoms with Crippen molar-refractivity contribution in [1.82, 2.24) is 14.5 Å². The Balaban J connectivity index is 0.000000469. The van der Waals surface area contributed by atoms with E-state index < -0.39 is 39.9 Å². The Morgan fingerprint density at radius 1 is 1.09 bits per heavy atom. The quantitative estimate of drug-likeness (QED) is 0.533. The van der Waals surface area contributed by atoms with Gasteiger partial charge in [-0.25, -0.2) is 4.79 Å². The van der Waals surface area contributed by atoms with Crippen molar-refractivity contribution < 1.29 is 9.90 Å². The molecule has 34 heavy (non-hydrogen) atoms. The number of nitrogens with one attached hydrogen (secondary N) is 2. The van der Waals surface area contributed by atoms with Gasteiger partial charge in [0.05, 0.1) is 12.1 Å². The highest BCUT2D eigenvalue weighted by Crippen LogP contribution is 2.49. The van der Waals surface area contributed by atoms with Crippen molar-refractivity contribution in [3.63, 3.8) is 0 Å². The number of hydrogen-bond donors (Lipinski definition) is 3. The first-order valence-corrected chi connectivity index (χ1v) is 11.5. The molecule has 0 saturated carbocycles. The molecule has 1 aromatic heterocycles. The number of carbonyl (C=O) groups is 1. The predicted octanol–water partition coefficient (Wildman–Crippen LogP) is 1.52. The summed E-state index contributed by atoms with van der Waals surface area (Å²) >= 11 is 3.35. The van der Waals surface area contributed by atoms with Crippen molar-refractivity contribution in [2.24, 2.45) is 20.0 Å². The molecule has 11 heteroatoms. The molecule has 1 unspecified atom stereocenters. The fraction of sp³-hybridized carbons (Fsp3) is 0.435. The third-order valence-electron chi connectivity index (χ3n) is 6.26. The van der Waals surface area contributed by atoms with Crippen LogP contribution in [0.25, 0.3) is 0 Å². The average Bonchev–Trinajstić information content (AvgIpc) is 3.10. The SMILES string of the molecule is C1CCNCC1.Cc1cc2c(cc1Br)NC(=O)C2(c1c(O)n(C)c(=O)n(C)c1=O)C(C#N)C#N. The maximum atomic E-state index is 13.2. The van der Waals surface area contributed by atoms with E-state index in [1.807, 2.05) is 0 Å². The number of fused-ring (bicyclic) bond motifs is 1. The van der Waals surface area contributed by atoms with Gasteiger partial charge in [0.25, 0.3) is 5.56 Å². The van der Waals surface area contributed by atoms with Crippen molar-refractivity contribution in [2.75, 3.05) is 18.4 Å². The van der Waals surface area contributed by atoms with E-state index in [9.17, 15) is 30.0 Å². The lowest BCUT2D eigenvalue weighted by atomic mass is 9.67. The molecule has 1 saturated heterocycles. The third-order valence-corrected chi connectivity index (χ3v) is 7.11. The first-order valence-electron chi connectivity index (χ1n) is 10.7. The van der Waals surface area contributed by atoms with Gasteiger partial charge in [0.15, 0.2) is 5.92 Å². The van der Waals surface area contributed by atoms with E-state index in [0.717, 1.165) is 9.13 Å². The molecule has 0 radical (unpaired) electrons. The topological polar surface area (TPSA) is 153 Å². The molecule has 1 atom stereocenters. The summed E-state index contributed by atoms with van der Waals surface area (Å²) in [6.07, 6.45) is 4.22. The number of nitrogens with zero attached hydrogens (tertiary/aromatic N) is 4. The minimum atomic E-state index is -2.10. The second kappa shape index (κ2) is 9.84. The van der Waals surface area contributed by atoms with E-state index in [0.29, 0.717) is 15.7 Å². The highest BCUT2D eigenvalue weighted by molar-refractivity contribution is 9.10. The summed E-state index contributed by atoms with van der Waals surface area (Å²) in [5, 5.41) is 35.8. The number of aromatic hydroxyl groups is 1. The van der Waals surface area contributed by atoms with Gasteiger partial charge in [0.2, 0.25) is 11.8 Å². The second-order valence-corrected chi connectivity index (χ2v) is 9.17. The average molecular weight is 529 g/mol. The van der Waals surface area contributed by atoms with Gasteiger partial charge in [0.1, 0.15) is 11.0 Å². The number of hydrogen-bond acceptors (Lipinski definition) is 7. The summed E-state index contributed by atoms with van der Waals surface area (Å²) in [5.41, 5.74) is -3.17. The zero-order chi connectivity index (χ0) is 25.2. The Labute approximate surface area is 204 Å². The van der Waals surface area contributed by atoms with E-state index in [-0.39, 0.29) is 5.56 Å². The number of rotatable bonds is 2. The maximum Gasteiger partial charge on any atom is 0.333 e. The fourth-order valence-electron chi connectivity index (χ4n) is 4.34. The van der Waals surface area contributed by atoms with E-state index in [4.69, 9.17) is 0 Å². The first-order chi connectivity index (χ1) is 16.1. The summed E-state index contributed by atoms with van der Waals surface area (Å²) < 4.78 is 2.19. The summed E-state index contributed by atoms with van der Waals surface area (Å²) in [6.45, 7) is 4.24. The van der Waals surface area contributed by atoms with Gasteiger partial charge in [0, 0.05) is 24.3 Å². The van der Waals surface area contributed by atoms with Crippen LogP contribution in [0.15, 0.2) is 26.2 Å². The summed E-state index contributed by atoms with van der Waals surface area (Å²) in [4.78, 5) is 38.3. The van der Waals surface area contributed by atoms with Crippen molar-refractivity contribution >= 4 is 27.5 Å². The number of benzene rings is 1. The molecule has 0 aliphatic carbocycles. The highest BCUT2D eigenvalue weighted by Gasteiger charge is 2.58. The van der Waals surface area contributed by atoms with Gasteiger partial charge in [-0.05, 0) is 50.0 Å². The number of aromatic nitrogens is 2. The Hall–Kier alpha value is -3.41. The van der Waals surface area contributed by atoms with Crippen LogP contribution in [-0.2, 0) is 24.3 Å².